The maximum absolute atomic E-state index is 9.70. The number of nitrogens with two attached hydrogens (primary N) is 1. The Morgan fingerprint density at radius 1 is 1.67 bits per heavy atom. The summed E-state index contributed by atoms with van der Waals surface area (Å²) in [5, 5.41) is 8.25. The van der Waals surface area contributed by atoms with Gasteiger partial charge >= 0.3 is 0 Å². The molecule has 0 aliphatic rings. The average Bonchev–Trinajstić information content (AvgIpc) is 1.83. The zero-order chi connectivity index (χ0) is 7.28. The quantitative estimate of drug-likeness (QED) is 0.403. The van der Waals surface area contributed by atoms with Crippen LogP contribution in [0.15, 0.2) is 0 Å². The number of aliphatic hydroxyl groups is 1. The molecule has 1 unspecified atom stereocenters. The Morgan fingerprint density at radius 2 is 2.22 bits per heavy atom. The Labute approximate surface area is 54.6 Å². The van der Waals surface area contributed by atoms with Crippen LogP contribution in [0.5, 0.6) is 0 Å². The molecule has 3 N–H and O–H groups in total. The van der Waals surface area contributed by atoms with Gasteiger partial charge in [-0.1, -0.05) is 0 Å². The normalized spacial score (nSPS) is 14.1. The van der Waals surface area contributed by atoms with Crippen LogP contribution in [0.25, 0.3) is 0 Å². The van der Waals surface area contributed by atoms with E-state index < -0.39 is 17.0 Å². The summed E-state index contributed by atoms with van der Waals surface area (Å²) in [4.78, 5) is 0. The van der Waals surface area contributed by atoms with Crippen molar-refractivity contribution in [3.63, 3.8) is 0 Å². The predicted octanol–water partition coefficient (Wildman–Crippen LogP) is -2.15. The topological polar surface area (TPSA) is 89.6 Å². The second-order valence-electron chi connectivity index (χ2n) is 1.46. The van der Waals surface area contributed by atoms with Crippen molar-refractivity contribution in [2.75, 3.05) is 13.2 Å². The van der Waals surface area contributed by atoms with Gasteiger partial charge in [-0.3, -0.25) is 4.18 Å². The summed E-state index contributed by atoms with van der Waals surface area (Å²) in [6.45, 7) is -0.432. The van der Waals surface area contributed by atoms with E-state index in [1.165, 1.54) is 0 Å². The highest BCUT2D eigenvalue weighted by Crippen LogP contribution is 1.78. The van der Waals surface area contributed by atoms with Gasteiger partial charge in [-0.15, -0.1) is 0 Å². The molecule has 0 fully saturated rings. The van der Waals surface area contributed by atoms with Gasteiger partial charge in [0.1, 0.15) is 0 Å². The van der Waals surface area contributed by atoms with Crippen LogP contribution in [0.4, 0.5) is 0 Å². The summed E-state index contributed by atoms with van der Waals surface area (Å²) >= 11 is 0. The zero-order valence-electron chi connectivity index (χ0n) is 4.69. The maximum atomic E-state index is 9.70. The van der Waals surface area contributed by atoms with Crippen molar-refractivity contribution in [2.45, 2.75) is 6.04 Å². The van der Waals surface area contributed by atoms with Crippen molar-refractivity contribution in [3.05, 3.63) is 0 Å². The van der Waals surface area contributed by atoms with E-state index in [4.69, 9.17) is 10.8 Å². The van der Waals surface area contributed by atoms with Crippen molar-refractivity contribution in [2.24, 2.45) is 5.73 Å². The van der Waals surface area contributed by atoms with E-state index in [0.717, 1.165) is 0 Å². The molecule has 0 saturated heterocycles. The SMILES string of the molecule is NC(CO)CO[SH](=O)=O. The second kappa shape index (κ2) is 4.68. The lowest BCUT2D eigenvalue weighted by Crippen LogP contribution is -2.29. The first kappa shape index (κ1) is 8.83. The van der Waals surface area contributed by atoms with E-state index in [1.54, 1.807) is 0 Å². The first-order valence-electron chi connectivity index (χ1n) is 2.30. The number of hydrogen-bond acceptors (Lipinski definition) is 5. The van der Waals surface area contributed by atoms with Crippen molar-refractivity contribution >= 4 is 11.0 Å². The fourth-order valence-corrected chi connectivity index (χ4v) is 0.522. The van der Waals surface area contributed by atoms with E-state index in [2.05, 4.69) is 4.18 Å². The fourth-order valence-electron chi connectivity index (χ4n) is 0.209. The van der Waals surface area contributed by atoms with Crippen molar-refractivity contribution in [1.82, 2.24) is 0 Å². The molecule has 0 aliphatic carbocycles. The average molecular weight is 155 g/mol. The van der Waals surface area contributed by atoms with Gasteiger partial charge in [0.15, 0.2) is 0 Å². The van der Waals surface area contributed by atoms with Crippen LogP contribution in [0.2, 0.25) is 0 Å². The minimum Gasteiger partial charge on any atom is -0.395 e. The number of rotatable bonds is 4. The van der Waals surface area contributed by atoms with Crippen molar-refractivity contribution in [1.29, 1.82) is 0 Å². The third kappa shape index (κ3) is 5.71. The van der Waals surface area contributed by atoms with Gasteiger partial charge in [0, 0.05) is 0 Å². The van der Waals surface area contributed by atoms with E-state index in [0.29, 0.717) is 0 Å². The molecule has 0 rings (SSSR count). The molecule has 0 aliphatic heterocycles. The van der Waals surface area contributed by atoms with Crippen LogP contribution < -0.4 is 5.73 Å². The molecule has 9 heavy (non-hydrogen) atoms. The summed E-state index contributed by atoms with van der Waals surface area (Å²) < 4.78 is 23.5. The van der Waals surface area contributed by atoms with Gasteiger partial charge < -0.3 is 10.8 Å². The predicted molar refractivity (Wildman–Crippen MR) is 31.3 cm³/mol. The van der Waals surface area contributed by atoms with Gasteiger partial charge in [0.2, 0.25) is 0 Å². The van der Waals surface area contributed by atoms with E-state index in [1.807, 2.05) is 0 Å². The maximum Gasteiger partial charge on any atom is 0.257 e. The van der Waals surface area contributed by atoms with Gasteiger partial charge in [-0.2, -0.15) is 0 Å². The number of hydrogen-bond donors (Lipinski definition) is 3. The Balaban J connectivity index is 3.27. The van der Waals surface area contributed by atoms with E-state index >= 15 is 0 Å². The van der Waals surface area contributed by atoms with Crippen LogP contribution in [-0.2, 0) is 15.2 Å². The minimum absolute atomic E-state index is 0.158. The summed E-state index contributed by atoms with van der Waals surface area (Å²) in [6.07, 6.45) is 0. The fraction of sp³-hybridized carbons (Fsp3) is 1.00. The third-order valence-corrected chi connectivity index (χ3v) is 0.988. The minimum atomic E-state index is -2.83. The standard InChI is InChI=1S/C3H9NO4S/c4-3(1-5)2-8-9(6)7/h3,5,9H,1-2,4H2. The molecule has 0 aromatic carbocycles. The van der Waals surface area contributed by atoms with Crippen LogP contribution >= 0.6 is 0 Å². The Hall–Kier alpha value is -0.170. The molecule has 1 atom stereocenters. The molecule has 0 amide bonds. The third-order valence-electron chi connectivity index (χ3n) is 0.629. The molecule has 0 bridgehead atoms. The highest BCUT2D eigenvalue weighted by Gasteiger charge is 1.98. The molecule has 5 nitrogen and oxygen atoms in total. The molecule has 0 aromatic heterocycles. The van der Waals surface area contributed by atoms with Crippen LogP contribution in [0.1, 0.15) is 0 Å². The second-order valence-corrected chi connectivity index (χ2v) is 2.17. The molecular weight excluding hydrogens is 146 g/mol. The van der Waals surface area contributed by atoms with Gasteiger partial charge in [0.05, 0.1) is 19.3 Å². The Morgan fingerprint density at radius 3 is 2.56 bits per heavy atom. The first-order valence-corrected chi connectivity index (χ1v) is 3.40. The first-order chi connectivity index (χ1) is 4.16. The lowest BCUT2D eigenvalue weighted by atomic mass is 10.4. The number of aliphatic hydroxyl groups excluding tert-OH is 1. The van der Waals surface area contributed by atoms with E-state index in [9.17, 15) is 8.42 Å². The van der Waals surface area contributed by atoms with Crippen molar-refractivity contribution < 1.29 is 17.7 Å². The molecule has 0 spiro atoms. The summed E-state index contributed by atoms with van der Waals surface area (Å²) in [7, 11) is -2.83. The van der Waals surface area contributed by atoms with Crippen LogP contribution in [-0.4, -0.2) is 32.8 Å². The molecule has 0 aromatic rings. The molecule has 6 heteroatoms. The molecule has 0 saturated carbocycles. The summed E-state index contributed by atoms with van der Waals surface area (Å²) in [5.41, 5.74) is 5.08. The van der Waals surface area contributed by atoms with Crippen LogP contribution in [0, 0.1) is 0 Å². The molecule has 56 valence electrons. The van der Waals surface area contributed by atoms with Gasteiger partial charge in [-0.05, 0) is 0 Å². The van der Waals surface area contributed by atoms with E-state index in [-0.39, 0.29) is 13.2 Å². The smallest absolute Gasteiger partial charge is 0.257 e. The lowest BCUT2D eigenvalue weighted by Gasteiger charge is -2.02. The largest absolute Gasteiger partial charge is 0.395 e. The molecule has 0 heterocycles. The Bertz CT molecular complexity index is 126. The van der Waals surface area contributed by atoms with Gasteiger partial charge in [0.25, 0.3) is 11.0 Å². The number of thiol groups is 1. The lowest BCUT2D eigenvalue weighted by molar-refractivity contribution is 0.214. The van der Waals surface area contributed by atoms with Gasteiger partial charge in [-0.25, -0.2) is 8.42 Å². The highest BCUT2D eigenvalue weighted by atomic mass is 32.2. The molecule has 0 radical (unpaired) electrons. The molecular formula is C3H9NO4S. The zero-order valence-corrected chi connectivity index (χ0v) is 5.58. The summed E-state index contributed by atoms with van der Waals surface area (Å²) in [6, 6.07) is -0.613. The summed E-state index contributed by atoms with van der Waals surface area (Å²) in [5.74, 6) is 0. The van der Waals surface area contributed by atoms with Crippen LogP contribution in [0.3, 0.4) is 0 Å². The Kier molecular flexibility index (Phi) is 4.60. The monoisotopic (exact) mass is 155 g/mol. The van der Waals surface area contributed by atoms with Crippen molar-refractivity contribution in [3.8, 4) is 0 Å². The highest BCUT2D eigenvalue weighted by molar-refractivity contribution is 7.67.